The van der Waals surface area contributed by atoms with E-state index in [4.69, 9.17) is 18.9 Å². The van der Waals surface area contributed by atoms with Crippen LogP contribution in [-0.4, -0.2) is 42.1 Å². The molecule has 0 aromatic carbocycles. The third-order valence-corrected chi connectivity index (χ3v) is 9.27. The Morgan fingerprint density at radius 3 is 2.59 bits per heavy atom. The van der Waals surface area contributed by atoms with E-state index >= 15 is 0 Å². The molecule has 0 bridgehead atoms. The summed E-state index contributed by atoms with van der Waals surface area (Å²) in [5.41, 5.74) is -1.21. The van der Waals surface area contributed by atoms with Gasteiger partial charge in [0.2, 0.25) is 6.29 Å². The van der Waals surface area contributed by atoms with Gasteiger partial charge < -0.3 is 18.9 Å². The third kappa shape index (κ3) is 3.60. The van der Waals surface area contributed by atoms with Crippen molar-refractivity contribution in [1.82, 2.24) is 0 Å². The number of carbonyl (C=O) groups excluding carboxylic acids is 2. The Hall–Kier alpha value is -1.14. The predicted octanol–water partition coefficient (Wildman–Crippen LogP) is 5.17. The summed E-state index contributed by atoms with van der Waals surface area (Å²) >= 11 is 0. The van der Waals surface area contributed by atoms with Crippen molar-refractivity contribution in [2.24, 2.45) is 22.7 Å². The first kappa shape index (κ1) is 24.0. The molecule has 0 aromatic heterocycles. The number of esters is 2. The van der Waals surface area contributed by atoms with Crippen LogP contribution in [0.3, 0.4) is 0 Å². The zero-order valence-corrected chi connectivity index (χ0v) is 20.8. The van der Waals surface area contributed by atoms with E-state index in [2.05, 4.69) is 34.6 Å². The second-order valence-electron chi connectivity index (χ2n) is 11.8. The molecule has 0 N–H and O–H groups in total. The highest BCUT2D eigenvalue weighted by molar-refractivity contribution is 5.73. The molecule has 2 spiro atoms. The molecular formula is C26H42O6. The highest BCUT2D eigenvalue weighted by atomic mass is 16.7. The fraction of sp³-hybridized carbons (Fsp3) is 0.923. The normalized spacial score (nSPS) is 45.1. The van der Waals surface area contributed by atoms with Gasteiger partial charge in [-0.15, -0.1) is 0 Å². The van der Waals surface area contributed by atoms with E-state index in [1.165, 1.54) is 6.92 Å². The number of unbranched alkanes of at least 4 members (excludes halogenated alkanes) is 1. The van der Waals surface area contributed by atoms with E-state index in [1.54, 1.807) is 0 Å². The fourth-order valence-electron chi connectivity index (χ4n) is 8.06. The van der Waals surface area contributed by atoms with Crippen LogP contribution in [0.2, 0.25) is 0 Å². The number of cyclic esters (lactones) is 1. The van der Waals surface area contributed by atoms with Crippen molar-refractivity contribution in [3.63, 3.8) is 0 Å². The smallest absolute Gasteiger partial charge is 0.311 e. The molecule has 0 radical (unpaired) electrons. The van der Waals surface area contributed by atoms with E-state index in [-0.39, 0.29) is 52.7 Å². The first-order valence-electron chi connectivity index (χ1n) is 12.7. The molecule has 4 fully saturated rings. The van der Waals surface area contributed by atoms with Gasteiger partial charge in [-0.05, 0) is 49.9 Å². The lowest BCUT2D eigenvalue weighted by molar-refractivity contribution is -0.295. The maximum atomic E-state index is 12.4. The third-order valence-electron chi connectivity index (χ3n) is 9.27. The summed E-state index contributed by atoms with van der Waals surface area (Å²) in [5, 5.41) is 0. The maximum absolute atomic E-state index is 12.4. The Balaban J connectivity index is 1.69. The van der Waals surface area contributed by atoms with Crippen LogP contribution in [0.4, 0.5) is 0 Å². The molecule has 7 atom stereocenters. The van der Waals surface area contributed by atoms with Crippen molar-refractivity contribution in [2.75, 3.05) is 6.61 Å². The zero-order valence-electron chi connectivity index (χ0n) is 20.8. The molecule has 2 heterocycles. The minimum absolute atomic E-state index is 0.0401. The molecule has 2 aliphatic heterocycles. The van der Waals surface area contributed by atoms with Gasteiger partial charge in [0.25, 0.3) is 0 Å². The first-order valence-corrected chi connectivity index (χ1v) is 12.7. The van der Waals surface area contributed by atoms with Gasteiger partial charge in [0, 0.05) is 18.3 Å². The van der Waals surface area contributed by atoms with Crippen LogP contribution < -0.4 is 0 Å². The molecule has 0 unspecified atom stereocenters. The minimum atomic E-state index is -0.706. The van der Waals surface area contributed by atoms with E-state index < -0.39 is 11.9 Å². The molecule has 32 heavy (non-hydrogen) atoms. The van der Waals surface area contributed by atoms with Crippen LogP contribution in [-0.2, 0) is 28.5 Å². The lowest BCUT2D eigenvalue weighted by Gasteiger charge is -2.65. The summed E-state index contributed by atoms with van der Waals surface area (Å²) in [7, 11) is 0. The van der Waals surface area contributed by atoms with Gasteiger partial charge in [0.15, 0.2) is 0 Å². The van der Waals surface area contributed by atoms with Gasteiger partial charge in [-0.3, -0.25) is 9.59 Å². The molecule has 0 amide bonds. The number of ether oxygens (including phenoxy) is 4. The average molecular weight is 451 g/mol. The summed E-state index contributed by atoms with van der Waals surface area (Å²) in [6.07, 6.45) is 7.21. The van der Waals surface area contributed by atoms with Crippen molar-refractivity contribution in [1.29, 1.82) is 0 Å². The van der Waals surface area contributed by atoms with Crippen LogP contribution in [0, 0.1) is 22.7 Å². The Morgan fingerprint density at radius 1 is 1.16 bits per heavy atom. The lowest BCUT2D eigenvalue weighted by atomic mass is 9.43. The van der Waals surface area contributed by atoms with Gasteiger partial charge in [0.1, 0.15) is 11.7 Å². The van der Waals surface area contributed by atoms with Crippen molar-refractivity contribution in [3.8, 4) is 0 Å². The Bertz CT molecular complexity index is 749. The van der Waals surface area contributed by atoms with E-state index in [0.29, 0.717) is 6.61 Å². The maximum Gasteiger partial charge on any atom is 0.311 e. The molecule has 6 nitrogen and oxygen atoms in total. The van der Waals surface area contributed by atoms with Crippen LogP contribution in [0.25, 0.3) is 0 Å². The predicted molar refractivity (Wildman–Crippen MR) is 120 cm³/mol. The van der Waals surface area contributed by atoms with Crippen LogP contribution in [0.5, 0.6) is 0 Å². The molecule has 0 aromatic rings. The molecule has 4 aliphatic rings. The van der Waals surface area contributed by atoms with Crippen LogP contribution in [0.15, 0.2) is 0 Å². The van der Waals surface area contributed by atoms with Crippen molar-refractivity contribution in [2.45, 2.75) is 123 Å². The van der Waals surface area contributed by atoms with E-state index in [1.807, 2.05) is 0 Å². The van der Waals surface area contributed by atoms with Gasteiger partial charge in [-0.2, -0.15) is 0 Å². The van der Waals surface area contributed by atoms with Gasteiger partial charge >= 0.3 is 11.9 Å². The Kier molecular flexibility index (Phi) is 6.20. The second kappa shape index (κ2) is 8.26. The van der Waals surface area contributed by atoms with Crippen LogP contribution in [0.1, 0.15) is 99.3 Å². The van der Waals surface area contributed by atoms with Crippen molar-refractivity contribution in [3.05, 3.63) is 0 Å². The van der Waals surface area contributed by atoms with E-state index in [9.17, 15) is 9.59 Å². The summed E-state index contributed by atoms with van der Waals surface area (Å²) in [6, 6.07) is 0. The van der Waals surface area contributed by atoms with Crippen molar-refractivity contribution >= 4 is 11.9 Å². The fourth-order valence-corrected chi connectivity index (χ4v) is 8.06. The minimum Gasteiger partial charge on any atom is -0.462 e. The van der Waals surface area contributed by atoms with Gasteiger partial charge in [0.05, 0.1) is 18.6 Å². The molecular weight excluding hydrogens is 408 g/mol. The average Bonchev–Trinajstić information content (AvgIpc) is 3.21. The molecule has 182 valence electrons. The monoisotopic (exact) mass is 450 g/mol. The molecule has 2 aliphatic carbocycles. The van der Waals surface area contributed by atoms with E-state index in [0.717, 1.165) is 51.4 Å². The Labute approximate surface area is 193 Å². The number of fused-ring (bicyclic) bond motifs is 2. The number of hydrogen-bond acceptors (Lipinski definition) is 6. The largest absolute Gasteiger partial charge is 0.462 e. The lowest BCUT2D eigenvalue weighted by Crippen LogP contribution is -2.67. The summed E-state index contributed by atoms with van der Waals surface area (Å²) < 4.78 is 24.8. The second-order valence-corrected chi connectivity index (χ2v) is 11.8. The molecule has 2 saturated carbocycles. The summed E-state index contributed by atoms with van der Waals surface area (Å²) in [5.74, 6) is -0.0230. The quantitative estimate of drug-likeness (QED) is 0.425. The standard InChI is InChI=1S/C26H42O6/c1-7-8-14-29-22-25(16-20(28)31-22)12-13-26(32-25)17(2)15-19(30-18(3)27)21-23(4,5)10-9-11-24(21,26)6/h17,19,21-22H,7-16H2,1-6H3/t17-,19-,21+,22-,24+,25+,26-/m0/s1. The topological polar surface area (TPSA) is 71.1 Å². The first-order chi connectivity index (χ1) is 15.0. The highest BCUT2D eigenvalue weighted by Gasteiger charge is 2.72. The summed E-state index contributed by atoms with van der Waals surface area (Å²) in [4.78, 5) is 24.4. The molecule has 2 saturated heterocycles. The Morgan fingerprint density at radius 2 is 1.91 bits per heavy atom. The zero-order chi connectivity index (χ0) is 23.4. The van der Waals surface area contributed by atoms with Gasteiger partial charge in [-0.1, -0.05) is 47.5 Å². The molecule has 6 heteroatoms. The summed E-state index contributed by atoms with van der Waals surface area (Å²) in [6.45, 7) is 13.4. The van der Waals surface area contributed by atoms with Crippen LogP contribution >= 0.6 is 0 Å². The number of hydrogen-bond donors (Lipinski definition) is 0. The SMILES string of the molecule is CCCCO[C@H]1OC(=O)C[C@]12CC[C@]1(O2)[C@@H](C)C[C@H](OC(C)=O)[C@@H]2C(C)(C)CCC[C@]21C. The number of rotatable bonds is 5. The molecule has 4 rings (SSSR count). The number of carbonyl (C=O) groups is 2. The van der Waals surface area contributed by atoms with Gasteiger partial charge in [-0.25, -0.2) is 0 Å². The van der Waals surface area contributed by atoms with Crippen molar-refractivity contribution < 1.29 is 28.5 Å². The highest BCUT2D eigenvalue weighted by Crippen LogP contribution is 2.69.